The van der Waals surface area contributed by atoms with Gasteiger partial charge in [0.05, 0.1) is 11.1 Å². The van der Waals surface area contributed by atoms with Crippen LogP contribution in [0.4, 0.5) is 17.6 Å². The minimum absolute atomic E-state index is 0.0446. The Morgan fingerprint density at radius 2 is 1.80 bits per heavy atom. The fraction of sp³-hybridized carbons (Fsp3) is 0.348. The second-order valence-electron chi connectivity index (χ2n) is 8.27. The largest absolute Gasteiger partial charge is 0.491 e. The zero-order valence-corrected chi connectivity index (χ0v) is 17.1. The van der Waals surface area contributed by atoms with Gasteiger partial charge in [-0.05, 0) is 66.8 Å². The molecule has 7 heteroatoms. The minimum Gasteiger partial charge on any atom is -0.491 e. The molecule has 0 saturated heterocycles. The molecule has 0 spiro atoms. The van der Waals surface area contributed by atoms with Gasteiger partial charge in [-0.3, -0.25) is 4.98 Å². The average Bonchev–Trinajstić information content (AvgIpc) is 2.64. The molecule has 0 aliphatic heterocycles. The first kappa shape index (κ1) is 22.0. The van der Waals surface area contributed by atoms with Crippen LogP contribution in [0.15, 0.2) is 48.7 Å². The Morgan fingerprint density at radius 1 is 1.07 bits per heavy atom. The zero-order valence-electron chi connectivity index (χ0n) is 17.1. The van der Waals surface area contributed by atoms with E-state index in [1.807, 2.05) is 13.8 Å². The van der Waals surface area contributed by atoms with E-state index >= 15 is 0 Å². The molecule has 160 valence electrons. The molecule has 0 bridgehead atoms. The van der Waals surface area contributed by atoms with Crippen LogP contribution in [0, 0.1) is 11.7 Å². The normalized spacial score (nSPS) is 14.2. The Kier molecular flexibility index (Phi) is 6.04. The van der Waals surface area contributed by atoms with Crippen molar-refractivity contribution in [3.63, 3.8) is 0 Å². The minimum atomic E-state index is -4.62. The molecule has 3 rings (SSSR count). The van der Waals surface area contributed by atoms with E-state index in [4.69, 9.17) is 10.5 Å². The number of nitrogens with zero attached hydrogens (tertiary/aromatic N) is 1. The van der Waals surface area contributed by atoms with Crippen LogP contribution in [0.25, 0.3) is 22.0 Å². The lowest BCUT2D eigenvalue weighted by Crippen LogP contribution is -2.43. The first-order valence-corrected chi connectivity index (χ1v) is 9.64. The molecule has 0 radical (unpaired) electrons. The summed E-state index contributed by atoms with van der Waals surface area (Å²) in [5.74, 6) is -0.482. The lowest BCUT2D eigenvalue weighted by Gasteiger charge is -2.27. The van der Waals surface area contributed by atoms with E-state index < -0.39 is 23.1 Å². The molecule has 0 amide bonds. The summed E-state index contributed by atoms with van der Waals surface area (Å²) < 4.78 is 60.5. The number of nitrogens with two attached hydrogens (primary N) is 1. The van der Waals surface area contributed by atoms with Crippen LogP contribution >= 0.6 is 0 Å². The van der Waals surface area contributed by atoms with Gasteiger partial charge in [0.15, 0.2) is 0 Å². The maximum Gasteiger partial charge on any atom is 0.419 e. The SMILES string of the molecule is CC(C)CC(C)(N)COc1ccc(-c2ccnc3ccc(F)cc23)cc1C(F)(F)F. The number of hydrogen-bond acceptors (Lipinski definition) is 3. The van der Waals surface area contributed by atoms with Gasteiger partial charge in [0.1, 0.15) is 18.2 Å². The number of hydrogen-bond donors (Lipinski definition) is 1. The van der Waals surface area contributed by atoms with E-state index in [2.05, 4.69) is 4.98 Å². The van der Waals surface area contributed by atoms with E-state index in [1.54, 1.807) is 13.0 Å². The Hall–Kier alpha value is -2.67. The van der Waals surface area contributed by atoms with Crippen LogP contribution < -0.4 is 10.5 Å². The third-order valence-corrected chi connectivity index (χ3v) is 4.73. The van der Waals surface area contributed by atoms with Crippen LogP contribution in [0.3, 0.4) is 0 Å². The van der Waals surface area contributed by atoms with Gasteiger partial charge in [0.25, 0.3) is 0 Å². The van der Waals surface area contributed by atoms with Crippen molar-refractivity contribution in [2.45, 2.75) is 38.9 Å². The molecular weight excluding hydrogens is 396 g/mol. The van der Waals surface area contributed by atoms with Gasteiger partial charge < -0.3 is 10.5 Å². The van der Waals surface area contributed by atoms with Gasteiger partial charge in [-0.2, -0.15) is 13.2 Å². The van der Waals surface area contributed by atoms with Crippen LogP contribution in [0.2, 0.25) is 0 Å². The van der Waals surface area contributed by atoms with Gasteiger partial charge >= 0.3 is 6.18 Å². The molecule has 3 nitrogen and oxygen atoms in total. The summed E-state index contributed by atoms with van der Waals surface area (Å²) in [6.45, 7) is 5.69. The summed E-state index contributed by atoms with van der Waals surface area (Å²) in [6, 6.07) is 9.42. The van der Waals surface area contributed by atoms with Crippen LogP contribution in [-0.2, 0) is 6.18 Å². The summed E-state index contributed by atoms with van der Waals surface area (Å²) in [7, 11) is 0. The quantitative estimate of drug-likeness (QED) is 0.483. The highest BCUT2D eigenvalue weighted by Crippen LogP contribution is 2.40. The molecule has 3 aromatic rings. The summed E-state index contributed by atoms with van der Waals surface area (Å²) in [5.41, 5.74) is 5.77. The van der Waals surface area contributed by atoms with Crippen LogP contribution in [-0.4, -0.2) is 17.1 Å². The predicted molar refractivity (Wildman–Crippen MR) is 110 cm³/mol. The highest BCUT2D eigenvalue weighted by molar-refractivity contribution is 5.94. The van der Waals surface area contributed by atoms with E-state index in [0.717, 1.165) is 6.07 Å². The van der Waals surface area contributed by atoms with E-state index in [1.165, 1.54) is 36.5 Å². The number of aromatic nitrogens is 1. The maximum atomic E-state index is 13.8. The highest BCUT2D eigenvalue weighted by Gasteiger charge is 2.35. The molecule has 0 saturated carbocycles. The third-order valence-electron chi connectivity index (χ3n) is 4.73. The van der Waals surface area contributed by atoms with E-state index in [-0.39, 0.29) is 18.3 Å². The van der Waals surface area contributed by atoms with Gasteiger partial charge in [0, 0.05) is 17.1 Å². The van der Waals surface area contributed by atoms with Gasteiger partial charge in [-0.15, -0.1) is 0 Å². The van der Waals surface area contributed by atoms with Crippen molar-refractivity contribution in [3.8, 4) is 16.9 Å². The lowest BCUT2D eigenvalue weighted by atomic mass is 9.93. The predicted octanol–water partition coefficient (Wildman–Crippen LogP) is 6.20. The first-order valence-electron chi connectivity index (χ1n) is 9.64. The number of benzene rings is 2. The fourth-order valence-corrected chi connectivity index (χ4v) is 3.65. The molecule has 2 aromatic carbocycles. The number of alkyl halides is 3. The van der Waals surface area contributed by atoms with Crippen molar-refractivity contribution in [1.82, 2.24) is 4.98 Å². The molecule has 0 aliphatic rings. The van der Waals surface area contributed by atoms with Crippen molar-refractivity contribution in [2.24, 2.45) is 11.7 Å². The number of ether oxygens (including phenoxy) is 1. The topological polar surface area (TPSA) is 48.1 Å². The number of halogens is 4. The summed E-state index contributed by atoms with van der Waals surface area (Å²) in [4.78, 5) is 4.15. The molecule has 1 aromatic heterocycles. The Labute approximate surface area is 172 Å². The molecule has 0 aliphatic carbocycles. The summed E-state index contributed by atoms with van der Waals surface area (Å²) in [5, 5.41) is 0.436. The van der Waals surface area contributed by atoms with Crippen LogP contribution in [0.5, 0.6) is 5.75 Å². The van der Waals surface area contributed by atoms with E-state index in [9.17, 15) is 17.6 Å². The average molecular weight is 420 g/mol. The second kappa shape index (κ2) is 8.22. The highest BCUT2D eigenvalue weighted by atomic mass is 19.4. The second-order valence-corrected chi connectivity index (χ2v) is 8.27. The van der Waals surface area contributed by atoms with Crippen molar-refractivity contribution < 1.29 is 22.3 Å². The molecular formula is C23H24F4N2O. The summed E-state index contributed by atoms with van der Waals surface area (Å²) >= 11 is 0. The summed E-state index contributed by atoms with van der Waals surface area (Å²) in [6.07, 6.45) is -2.53. The van der Waals surface area contributed by atoms with Crippen molar-refractivity contribution in [1.29, 1.82) is 0 Å². The van der Waals surface area contributed by atoms with Crippen molar-refractivity contribution in [3.05, 3.63) is 60.0 Å². The zero-order chi connectivity index (χ0) is 22.1. The molecule has 1 unspecified atom stereocenters. The fourth-order valence-electron chi connectivity index (χ4n) is 3.65. The maximum absolute atomic E-state index is 13.8. The number of pyridine rings is 1. The molecule has 1 atom stereocenters. The van der Waals surface area contributed by atoms with Gasteiger partial charge in [-0.1, -0.05) is 19.9 Å². The molecule has 30 heavy (non-hydrogen) atoms. The number of fused-ring (bicyclic) bond motifs is 1. The Morgan fingerprint density at radius 3 is 2.47 bits per heavy atom. The monoisotopic (exact) mass is 420 g/mol. The van der Waals surface area contributed by atoms with E-state index in [0.29, 0.717) is 28.5 Å². The van der Waals surface area contributed by atoms with Crippen LogP contribution in [0.1, 0.15) is 32.8 Å². The molecule has 0 fully saturated rings. The van der Waals surface area contributed by atoms with Crippen molar-refractivity contribution >= 4 is 10.9 Å². The smallest absolute Gasteiger partial charge is 0.419 e. The van der Waals surface area contributed by atoms with Gasteiger partial charge in [-0.25, -0.2) is 4.39 Å². The standard InChI is InChI=1S/C23H24F4N2O/c1-14(2)12-22(3,28)13-30-21-7-4-15(10-19(21)23(25,26)27)17-8-9-29-20-6-5-16(24)11-18(17)20/h4-11,14H,12-13,28H2,1-3H3. The Balaban J connectivity index is 2.01. The Bertz CT molecular complexity index is 1050. The van der Waals surface area contributed by atoms with Gasteiger partial charge in [0.2, 0.25) is 0 Å². The molecule has 2 N–H and O–H groups in total. The first-order chi connectivity index (χ1) is 14.0. The lowest BCUT2D eigenvalue weighted by molar-refractivity contribution is -0.139. The third kappa shape index (κ3) is 5.08. The molecule has 1 heterocycles. The van der Waals surface area contributed by atoms with Crippen molar-refractivity contribution in [2.75, 3.05) is 6.61 Å². The number of rotatable bonds is 6.